The van der Waals surface area contributed by atoms with Gasteiger partial charge in [0.2, 0.25) is 0 Å². The van der Waals surface area contributed by atoms with Gasteiger partial charge in [0, 0.05) is 10.9 Å². The van der Waals surface area contributed by atoms with E-state index in [4.69, 9.17) is 0 Å². The highest BCUT2D eigenvalue weighted by molar-refractivity contribution is 5.84. The van der Waals surface area contributed by atoms with E-state index in [0.717, 1.165) is 30.4 Å². The Hall–Kier alpha value is -2.80. The van der Waals surface area contributed by atoms with E-state index in [1.54, 1.807) is 12.1 Å². The molecule has 1 fully saturated rings. The van der Waals surface area contributed by atoms with Crippen molar-refractivity contribution < 1.29 is 17.6 Å². The monoisotopic (exact) mass is 438 g/mol. The Morgan fingerprint density at radius 1 is 0.812 bits per heavy atom. The Bertz CT molecular complexity index is 1180. The van der Waals surface area contributed by atoms with Crippen LogP contribution in [0.3, 0.4) is 0 Å². The van der Waals surface area contributed by atoms with Crippen molar-refractivity contribution in [1.29, 1.82) is 0 Å². The van der Waals surface area contributed by atoms with Gasteiger partial charge in [-0.25, -0.2) is 17.6 Å². The first-order valence-electron chi connectivity index (χ1n) is 11.3. The lowest BCUT2D eigenvalue weighted by atomic mass is 9.77. The molecule has 166 valence electrons. The molecule has 1 aliphatic carbocycles. The SMILES string of the molecule is CCCCC1CCC(c2ccc(C#Cc3ccc4c(F)c(F)c(F)cc4c3)c(F)c2)CC1. The molecule has 0 N–H and O–H groups in total. The molecule has 0 atom stereocenters. The first-order chi connectivity index (χ1) is 15.5. The average Bonchev–Trinajstić information content (AvgIpc) is 2.80. The maximum Gasteiger partial charge on any atom is 0.195 e. The van der Waals surface area contributed by atoms with Crippen molar-refractivity contribution >= 4 is 10.8 Å². The molecule has 3 aromatic carbocycles. The number of hydrogen-bond acceptors (Lipinski definition) is 0. The van der Waals surface area contributed by atoms with E-state index in [-0.39, 0.29) is 22.2 Å². The van der Waals surface area contributed by atoms with E-state index in [9.17, 15) is 17.6 Å². The molecule has 3 aromatic rings. The zero-order valence-corrected chi connectivity index (χ0v) is 18.2. The van der Waals surface area contributed by atoms with Gasteiger partial charge >= 0.3 is 0 Å². The number of halogens is 4. The molecule has 0 heterocycles. The zero-order chi connectivity index (χ0) is 22.7. The standard InChI is InChI=1S/C28H26F4/c1-2-3-4-18-5-9-20(10-6-18)22-13-12-21(25(29)16-22)11-7-19-8-14-24-23(15-19)17-26(30)28(32)27(24)31/h8,12-18,20H,2-6,9-10H2,1H3. The van der Waals surface area contributed by atoms with Crippen molar-refractivity contribution in [3.63, 3.8) is 0 Å². The van der Waals surface area contributed by atoms with Crippen LogP contribution in [0.1, 0.15) is 74.5 Å². The van der Waals surface area contributed by atoms with E-state index in [2.05, 4.69) is 18.8 Å². The lowest BCUT2D eigenvalue weighted by Crippen LogP contribution is -2.13. The van der Waals surface area contributed by atoms with E-state index in [1.165, 1.54) is 50.3 Å². The molecule has 1 saturated carbocycles. The van der Waals surface area contributed by atoms with E-state index in [0.29, 0.717) is 11.5 Å². The number of rotatable bonds is 4. The van der Waals surface area contributed by atoms with Gasteiger partial charge in [-0.2, -0.15) is 0 Å². The van der Waals surface area contributed by atoms with E-state index < -0.39 is 17.5 Å². The number of unbranched alkanes of at least 4 members (excludes halogenated alkanes) is 1. The molecule has 0 bridgehead atoms. The second-order valence-corrected chi connectivity index (χ2v) is 8.77. The van der Waals surface area contributed by atoms with Crippen molar-refractivity contribution in [2.45, 2.75) is 57.8 Å². The van der Waals surface area contributed by atoms with Crippen molar-refractivity contribution in [2.24, 2.45) is 5.92 Å². The number of hydrogen-bond donors (Lipinski definition) is 0. The summed E-state index contributed by atoms with van der Waals surface area (Å²) in [5.41, 5.74) is 1.78. The maximum atomic E-state index is 14.7. The number of fused-ring (bicyclic) bond motifs is 1. The molecule has 0 amide bonds. The first kappa shape index (κ1) is 22.4. The third kappa shape index (κ3) is 4.83. The van der Waals surface area contributed by atoms with Crippen LogP contribution < -0.4 is 0 Å². The average molecular weight is 439 g/mol. The smallest absolute Gasteiger partial charge is 0.195 e. The molecule has 4 heteroatoms. The molecule has 0 saturated heterocycles. The molecule has 1 aliphatic rings. The van der Waals surface area contributed by atoms with Crippen LogP contribution in [0.25, 0.3) is 10.8 Å². The Morgan fingerprint density at radius 2 is 1.59 bits per heavy atom. The van der Waals surface area contributed by atoms with Gasteiger partial charge in [-0.1, -0.05) is 50.2 Å². The van der Waals surface area contributed by atoms with Gasteiger partial charge in [0.05, 0.1) is 5.56 Å². The molecule has 0 aliphatic heterocycles. The topological polar surface area (TPSA) is 0 Å². The summed E-state index contributed by atoms with van der Waals surface area (Å²) in [5, 5.41) is 0.188. The Kier molecular flexibility index (Phi) is 6.84. The summed E-state index contributed by atoms with van der Waals surface area (Å²) < 4.78 is 55.5. The molecular weight excluding hydrogens is 412 g/mol. The minimum absolute atomic E-state index is 0.0191. The summed E-state index contributed by atoms with van der Waals surface area (Å²) in [6.45, 7) is 2.22. The first-order valence-corrected chi connectivity index (χ1v) is 11.3. The van der Waals surface area contributed by atoms with Crippen LogP contribution in [0.2, 0.25) is 0 Å². The summed E-state index contributed by atoms with van der Waals surface area (Å²) in [5.74, 6) is 2.54. The summed E-state index contributed by atoms with van der Waals surface area (Å²) >= 11 is 0. The van der Waals surface area contributed by atoms with Crippen LogP contribution in [-0.2, 0) is 0 Å². The van der Waals surface area contributed by atoms with Crippen molar-refractivity contribution in [3.8, 4) is 11.8 Å². The van der Waals surface area contributed by atoms with Crippen molar-refractivity contribution in [3.05, 3.63) is 82.4 Å². The zero-order valence-electron chi connectivity index (χ0n) is 18.2. The molecule has 0 radical (unpaired) electrons. The summed E-state index contributed by atoms with van der Waals surface area (Å²) in [6.07, 6.45) is 8.44. The summed E-state index contributed by atoms with van der Waals surface area (Å²) in [7, 11) is 0. The molecule has 0 aromatic heterocycles. The van der Waals surface area contributed by atoms with Gasteiger partial charge < -0.3 is 0 Å². The molecule has 4 rings (SSSR count). The van der Waals surface area contributed by atoms with Gasteiger partial charge in [0.15, 0.2) is 17.5 Å². The maximum absolute atomic E-state index is 14.7. The third-order valence-corrected chi connectivity index (χ3v) is 6.59. The minimum Gasteiger partial charge on any atom is -0.206 e. The molecule has 32 heavy (non-hydrogen) atoms. The summed E-state index contributed by atoms with van der Waals surface area (Å²) in [6, 6.07) is 10.5. The Balaban J connectivity index is 1.49. The lowest BCUT2D eigenvalue weighted by molar-refractivity contribution is 0.304. The van der Waals surface area contributed by atoms with Crippen LogP contribution >= 0.6 is 0 Å². The van der Waals surface area contributed by atoms with Crippen LogP contribution in [-0.4, -0.2) is 0 Å². The summed E-state index contributed by atoms with van der Waals surface area (Å²) in [4.78, 5) is 0. The fraction of sp³-hybridized carbons (Fsp3) is 0.357. The predicted octanol–water partition coefficient (Wildman–Crippen LogP) is 8.26. The molecule has 0 spiro atoms. The second kappa shape index (κ2) is 9.77. The van der Waals surface area contributed by atoms with Crippen molar-refractivity contribution in [1.82, 2.24) is 0 Å². The second-order valence-electron chi connectivity index (χ2n) is 8.77. The molecular formula is C28H26F4. The fourth-order valence-electron chi connectivity index (χ4n) is 4.69. The van der Waals surface area contributed by atoms with Gasteiger partial charge in [0.1, 0.15) is 5.82 Å². The normalized spacial score (nSPS) is 18.4. The van der Waals surface area contributed by atoms with Gasteiger partial charge in [0.25, 0.3) is 0 Å². The van der Waals surface area contributed by atoms with E-state index in [1.807, 2.05) is 6.07 Å². The van der Waals surface area contributed by atoms with Crippen LogP contribution in [0.5, 0.6) is 0 Å². The van der Waals surface area contributed by atoms with Crippen molar-refractivity contribution in [2.75, 3.05) is 0 Å². The quantitative estimate of drug-likeness (QED) is 0.218. The van der Waals surface area contributed by atoms with Gasteiger partial charge in [-0.15, -0.1) is 0 Å². The number of benzene rings is 3. The van der Waals surface area contributed by atoms with Gasteiger partial charge in [-0.05, 0) is 78.8 Å². The Morgan fingerprint density at radius 3 is 2.31 bits per heavy atom. The lowest BCUT2D eigenvalue weighted by Gasteiger charge is -2.28. The van der Waals surface area contributed by atoms with Crippen LogP contribution in [0.15, 0.2) is 42.5 Å². The van der Waals surface area contributed by atoms with Crippen LogP contribution in [0, 0.1) is 41.0 Å². The van der Waals surface area contributed by atoms with E-state index >= 15 is 0 Å². The fourth-order valence-corrected chi connectivity index (χ4v) is 4.69. The highest BCUT2D eigenvalue weighted by Gasteiger charge is 2.22. The Labute approximate surface area is 186 Å². The molecule has 0 nitrogen and oxygen atoms in total. The van der Waals surface area contributed by atoms with Gasteiger partial charge in [-0.3, -0.25) is 0 Å². The third-order valence-electron chi connectivity index (χ3n) is 6.59. The highest BCUT2D eigenvalue weighted by atomic mass is 19.2. The largest absolute Gasteiger partial charge is 0.206 e. The predicted molar refractivity (Wildman–Crippen MR) is 120 cm³/mol. The highest BCUT2D eigenvalue weighted by Crippen LogP contribution is 2.38. The minimum atomic E-state index is -1.49. The van der Waals surface area contributed by atoms with Crippen LogP contribution in [0.4, 0.5) is 17.6 Å². The molecule has 0 unspecified atom stereocenters.